The second kappa shape index (κ2) is 22.6. The van der Waals surface area contributed by atoms with Crippen molar-refractivity contribution in [3.63, 3.8) is 0 Å². The number of carbonyl (C=O) groups excluding carboxylic acids is 6. The Bertz CT molecular complexity index is 2480. The van der Waals surface area contributed by atoms with Crippen LogP contribution in [0.25, 0.3) is 0 Å². The monoisotopic (exact) mass is 990 g/mol. The van der Waals surface area contributed by atoms with Gasteiger partial charge in [-0.1, -0.05) is 96.1 Å². The van der Waals surface area contributed by atoms with Crippen LogP contribution in [0.4, 0.5) is 5.69 Å². The molecule has 0 radical (unpaired) electrons. The van der Waals surface area contributed by atoms with E-state index in [1.165, 1.54) is 11.1 Å². The third kappa shape index (κ3) is 12.2. The molecule has 0 saturated carbocycles. The van der Waals surface area contributed by atoms with Crippen LogP contribution in [0.15, 0.2) is 66.7 Å². The largest absolute Gasteiger partial charge is 0.376 e. The standard InChI is InChI=1S/C56H79N9O7/c1-32(57-9)48(66)62-46(55(3,4)5)53(71)64-30-37-27-39(26-25-36(37)28-44(64)51(69)60-42-23-15-19-34-17-11-13-21-40(34)42)59-50(68)38-29-45(52(70)61-43-24-16-20-35-18-12-14-22-41(35)43)65(31-38)54(72)47(56(6,7)8)63-49(67)33(2)58-10/h11-14,17-18,21-22,25-27,32-33,38,42-47,52,57-58,61,70H,15-16,19-20,23-24,28-31H2,1-10H3,(H,59,68)(H,60,69)(H,62,66)(H,63,67)/t32-,33-,38?,42?,43+,44?,45-,46?,47?,52?/m0/s1. The van der Waals surface area contributed by atoms with Crippen molar-refractivity contribution in [1.29, 1.82) is 0 Å². The minimum atomic E-state index is -1.19. The van der Waals surface area contributed by atoms with Gasteiger partial charge in [-0.2, -0.15) is 0 Å². The van der Waals surface area contributed by atoms with Gasteiger partial charge in [0.2, 0.25) is 35.4 Å². The molecule has 16 heteroatoms. The maximum absolute atomic E-state index is 15.0. The minimum Gasteiger partial charge on any atom is -0.376 e. The molecule has 1 fully saturated rings. The average Bonchev–Trinajstić information content (AvgIpc) is 3.81. The second-order valence-corrected chi connectivity index (χ2v) is 22.7. The average molecular weight is 990 g/mol. The number of rotatable bonds is 15. The Morgan fingerprint density at radius 2 is 1.18 bits per heavy atom. The SMILES string of the molecule is CN[C@@H](C)C(=O)NC(C(=O)N1Cc2cc(NC(=O)C3C[C@@H](C(O)N[C@@H]4CCCc5ccccc54)N(C(=O)C(NC(=O)[C@H](C)NC)C(C)(C)C)C3)ccc2CC1C(=O)NC1CCCc2ccccc21)C(C)(C)C. The lowest BCUT2D eigenvalue weighted by Crippen LogP contribution is -2.62. The molecule has 0 spiro atoms. The van der Waals surface area contributed by atoms with Gasteiger partial charge in [-0.25, -0.2) is 0 Å². The molecule has 2 aliphatic heterocycles. The number of aliphatic hydroxyl groups is 1. The zero-order valence-electron chi connectivity index (χ0n) is 44.0. The number of nitrogens with one attached hydrogen (secondary N) is 7. The van der Waals surface area contributed by atoms with Crippen LogP contribution in [0.5, 0.6) is 0 Å². The predicted octanol–water partition coefficient (Wildman–Crippen LogP) is 4.55. The molecule has 2 heterocycles. The molecule has 0 bridgehead atoms. The van der Waals surface area contributed by atoms with Crippen LogP contribution in [-0.4, -0.2) is 113 Å². The molecular weight excluding hydrogens is 911 g/mol. The predicted molar refractivity (Wildman–Crippen MR) is 278 cm³/mol. The molecule has 3 aromatic carbocycles. The highest BCUT2D eigenvalue weighted by Gasteiger charge is 2.48. The Morgan fingerprint density at radius 3 is 1.74 bits per heavy atom. The molecule has 3 aromatic rings. The lowest BCUT2D eigenvalue weighted by molar-refractivity contribution is -0.147. The number of hydrogen-bond donors (Lipinski definition) is 8. The first-order valence-corrected chi connectivity index (χ1v) is 26.0. The summed E-state index contributed by atoms with van der Waals surface area (Å²) in [6.07, 6.45) is 4.46. The van der Waals surface area contributed by atoms with Crippen molar-refractivity contribution in [2.24, 2.45) is 16.7 Å². The van der Waals surface area contributed by atoms with Gasteiger partial charge in [-0.15, -0.1) is 0 Å². The third-order valence-corrected chi connectivity index (χ3v) is 15.4. The highest BCUT2D eigenvalue weighted by Crippen LogP contribution is 2.36. The fourth-order valence-corrected chi connectivity index (χ4v) is 10.8. The molecule has 8 N–H and O–H groups in total. The summed E-state index contributed by atoms with van der Waals surface area (Å²) in [4.78, 5) is 88.7. The molecule has 1 saturated heterocycles. The van der Waals surface area contributed by atoms with Crippen molar-refractivity contribution in [2.75, 3.05) is 26.0 Å². The third-order valence-electron chi connectivity index (χ3n) is 15.4. The van der Waals surface area contributed by atoms with Gasteiger partial charge < -0.3 is 46.8 Å². The molecule has 0 aromatic heterocycles. The Balaban J connectivity index is 1.15. The molecular formula is C56H79N9O7. The van der Waals surface area contributed by atoms with E-state index >= 15 is 0 Å². The maximum Gasteiger partial charge on any atom is 0.246 e. The number of hydrogen-bond acceptors (Lipinski definition) is 10. The smallest absolute Gasteiger partial charge is 0.246 e. The quantitative estimate of drug-likeness (QED) is 0.0996. The molecule has 6 amide bonds. The summed E-state index contributed by atoms with van der Waals surface area (Å²) in [5, 5.41) is 33.7. The van der Waals surface area contributed by atoms with Crippen LogP contribution in [-0.2, 0) is 54.6 Å². The Hall–Kier alpha value is -5.68. The van der Waals surface area contributed by atoms with E-state index in [0.29, 0.717) is 5.69 Å². The van der Waals surface area contributed by atoms with Crippen LogP contribution in [0.1, 0.15) is 133 Å². The van der Waals surface area contributed by atoms with Gasteiger partial charge in [0.05, 0.1) is 30.1 Å². The molecule has 6 unspecified atom stereocenters. The molecule has 72 heavy (non-hydrogen) atoms. The fraction of sp³-hybridized carbons (Fsp3) is 0.571. The first kappa shape index (κ1) is 54.1. The van der Waals surface area contributed by atoms with E-state index in [0.717, 1.165) is 60.8 Å². The van der Waals surface area contributed by atoms with Gasteiger partial charge in [0.25, 0.3) is 0 Å². The summed E-state index contributed by atoms with van der Waals surface area (Å²) in [5.41, 5.74) is 5.21. The highest BCUT2D eigenvalue weighted by atomic mass is 16.3. The summed E-state index contributed by atoms with van der Waals surface area (Å²) in [5.74, 6) is -2.83. The lowest BCUT2D eigenvalue weighted by Gasteiger charge is -2.42. The van der Waals surface area contributed by atoms with Crippen LogP contribution < -0.4 is 37.2 Å². The first-order valence-electron chi connectivity index (χ1n) is 26.0. The Morgan fingerprint density at radius 1 is 0.653 bits per heavy atom. The van der Waals surface area contributed by atoms with Crippen molar-refractivity contribution >= 4 is 41.1 Å². The normalized spacial score (nSPS) is 23.0. The van der Waals surface area contributed by atoms with Crippen LogP contribution in [0.3, 0.4) is 0 Å². The number of likely N-dealkylation sites (N-methyl/N-ethyl adjacent to an activating group) is 2. The van der Waals surface area contributed by atoms with Crippen molar-refractivity contribution in [3.8, 4) is 0 Å². The van der Waals surface area contributed by atoms with Crippen molar-refractivity contribution in [1.82, 2.24) is 41.7 Å². The molecule has 16 nitrogen and oxygen atoms in total. The van der Waals surface area contributed by atoms with Gasteiger partial charge in [-0.3, -0.25) is 34.1 Å². The summed E-state index contributed by atoms with van der Waals surface area (Å²) in [6.45, 7) is 14.8. The van der Waals surface area contributed by atoms with Gasteiger partial charge >= 0.3 is 0 Å². The number of amides is 6. The van der Waals surface area contributed by atoms with E-state index in [1.54, 1.807) is 43.8 Å². The molecule has 10 atom stereocenters. The van der Waals surface area contributed by atoms with Crippen LogP contribution >= 0.6 is 0 Å². The molecule has 390 valence electrons. The molecule has 4 aliphatic rings. The zero-order valence-corrected chi connectivity index (χ0v) is 44.0. The first-order chi connectivity index (χ1) is 34.1. The maximum atomic E-state index is 15.0. The van der Waals surface area contributed by atoms with Crippen LogP contribution in [0, 0.1) is 16.7 Å². The van der Waals surface area contributed by atoms with E-state index < -0.39 is 59.2 Å². The van der Waals surface area contributed by atoms with Gasteiger partial charge in [0.15, 0.2) is 0 Å². The number of aliphatic hydroxyl groups excluding tert-OH is 1. The Labute approximate surface area is 426 Å². The summed E-state index contributed by atoms with van der Waals surface area (Å²) >= 11 is 0. The number of fused-ring (bicyclic) bond motifs is 3. The summed E-state index contributed by atoms with van der Waals surface area (Å²) in [6, 6.07) is 16.7. The number of likely N-dealkylation sites (tertiary alicyclic amines) is 1. The van der Waals surface area contributed by atoms with Crippen LogP contribution in [0.2, 0.25) is 0 Å². The van der Waals surface area contributed by atoms with Gasteiger partial charge in [0.1, 0.15) is 24.4 Å². The second-order valence-electron chi connectivity index (χ2n) is 22.7. The lowest BCUT2D eigenvalue weighted by atomic mass is 9.83. The number of aryl methyl sites for hydroxylation is 2. The van der Waals surface area contributed by atoms with Crippen molar-refractivity contribution in [3.05, 3.63) is 100 Å². The van der Waals surface area contributed by atoms with E-state index in [9.17, 15) is 33.9 Å². The highest BCUT2D eigenvalue weighted by molar-refractivity contribution is 5.96. The van der Waals surface area contributed by atoms with E-state index in [4.69, 9.17) is 0 Å². The van der Waals surface area contributed by atoms with Crippen molar-refractivity contribution in [2.45, 2.75) is 168 Å². The number of benzene rings is 3. The topological polar surface area (TPSA) is 213 Å². The number of nitrogens with zero attached hydrogens (tertiary/aromatic N) is 2. The van der Waals surface area contributed by atoms with Crippen molar-refractivity contribution < 1.29 is 33.9 Å². The van der Waals surface area contributed by atoms with E-state index in [2.05, 4.69) is 55.4 Å². The zero-order chi connectivity index (χ0) is 52.2. The number of anilines is 1. The molecule has 7 rings (SSSR count). The van der Waals surface area contributed by atoms with Gasteiger partial charge in [0, 0.05) is 31.2 Å². The van der Waals surface area contributed by atoms with E-state index in [1.807, 2.05) is 84.0 Å². The van der Waals surface area contributed by atoms with Gasteiger partial charge in [-0.05, 0) is 129 Å². The fourth-order valence-electron chi connectivity index (χ4n) is 10.8. The number of carbonyl (C=O) groups is 6. The minimum absolute atomic E-state index is 0.000912. The summed E-state index contributed by atoms with van der Waals surface area (Å²) in [7, 11) is 3.35. The van der Waals surface area contributed by atoms with E-state index in [-0.39, 0.29) is 73.5 Å². The summed E-state index contributed by atoms with van der Waals surface area (Å²) < 4.78 is 0. The Kier molecular flexibility index (Phi) is 17.0. The molecule has 2 aliphatic carbocycles.